The Bertz CT molecular complexity index is 1530. The highest BCUT2D eigenvalue weighted by Crippen LogP contribution is 2.16. The minimum atomic E-state index is -0.793. The lowest BCUT2D eigenvalue weighted by molar-refractivity contribution is -0.167. The largest absolute Gasteiger partial charge is 0.462 e. The molecule has 6 nitrogen and oxygen atoms in total. The molecule has 1 atom stereocenters. The summed E-state index contributed by atoms with van der Waals surface area (Å²) < 4.78 is 17.0. The predicted molar refractivity (Wildman–Crippen MR) is 353 cm³/mol. The summed E-state index contributed by atoms with van der Waals surface area (Å²) in [6.07, 6.45) is 91.6. The summed E-state index contributed by atoms with van der Waals surface area (Å²) in [7, 11) is 0. The van der Waals surface area contributed by atoms with Crippen LogP contribution in [0.1, 0.15) is 355 Å². The normalized spacial score (nSPS) is 12.6. The highest BCUT2D eigenvalue weighted by Gasteiger charge is 2.19. The van der Waals surface area contributed by atoms with E-state index < -0.39 is 6.10 Å². The van der Waals surface area contributed by atoms with Crippen molar-refractivity contribution in [3.63, 3.8) is 0 Å². The molecule has 1 unspecified atom stereocenters. The molecule has 0 aromatic heterocycles. The molecule has 0 aliphatic carbocycles. The van der Waals surface area contributed by atoms with Gasteiger partial charge in [0.2, 0.25) is 0 Å². The molecule has 0 aliphatic rings. The fourth-order valence-electron chi connectivity index (χ4n) is 10.0. The molecule has 0 radical (unpaired) electrons. The van der Waals surface area contributed by atoms with Gasteiger partial charge in [-0.2, -0.15) is 0 Å². The van der Waals surface area contributed by atoms with Gasteiger partial charge in [0.15, 0.2) is 6.10 Å². The number of hydrogen-bond acceptors (Lipinski definition) is 6. The standard InChI is InChI=1S/C75H132O6/c1-4-7-10-13-16-19-22-25-28-31-34-37-40-43-46-49-52-55-58-61-64-67-73(76)79-70-72(81-75(78)69-66-63-60-57-54-51-48-45-42-39-36-33-30-27-24-21-18-15-12-9-6-3)71-80-74(77)68-65-62-59-56-53-50-47-44-41-38-35-32-29-26-23-20-17-14-11-8-5-2/h22,24-25,27,31-36,40,42-43,45,72H,4-21,23,26,28-30,37-39,41,44,46-71H2,1-3H3/b25-22-,27-24-,34-31-,35-32-,36-33-,43-40-,45-42-. The topological polar surface area (TPSA) is 78.9 Å². The maximum atomic E-state index is 13.0. The summed E-state index contributed by atoms with van der Waals surface area (Å²) in [5, 5.41) is 0. The lowest BCUT2D eigenvalue weighted by Crippen LogP contribution is -2.30. The van der Waals surface area contributed by atoms with Gasteiger partial charge in [0.1, 0.15) is 13.2 Å². The second kappa shape index (κ2) is 69.1. The van der Waals surface area contributed by atoms with Crippen LogP contribution in [0.3, 0.4) is 0 Å². The first-order chi connectivity index (χ1) is 40.0. The molecule has 0 bridgehead atoms. The fourth-order valence-corrected chi connectivity index (χ4v) is 10.0. The summed E-state index contributed by atoms with van der Waals surface area (Å²) in [6, 6.07) is 0. The summed E-state index contributed by atoms with van der Waals surface area (Å²) in [6.45, 7) is 6.64. The molecular weight excluding hydrogens is 997 g/mol. The number of ether oxygens (including phenoxy) is 3. The zero-order chi connectivity index (χ0) is 58.5. The van der Waals surface area contributed by atoms with Crippen LogP contribution in [0.5, 0.6) is 0 Å². The molecule has 0 spiro atoms. The van der Waals surface area contributed by atoms with Crippen LogP contribution in [0.25, 0.3) is 0 Å². The summed E-state index contributed by atoms with van der Waals surface area (Å²) in [5.74, 6) is -0.897. The molecule has 0 rings (SSSR count). The average molecular weight is 1130 g/mol. The van der Waals surface area contributed by atoms with Gasteiger partial charge in [-0.3, -0.25) is 14.4 Å². The van der Waals surface area contributed by atoms with Gasteiger partial charge >= 0.3 is 17.9 Å². The summed E-state index contributed by atoms with van der Waals surface area (Å²) >= 11 is 0. The first kappa shape index (κ1) is 77.6. The Kier molecular flexibility index (Phi) is 66.2. The molecule has 0 heterocycles. The summed E-state index contributed by atoms with van der Waals surface area (Å²) in [4.78, 5) is 38.5. The van der Waals surface area contributed by atoms with Gasteiger partial charge in [0, 0.05) is 19.3 Å². The Hall–Kier alpha value is -3.41. The zero-order valence-corrected chi connectivity index (χ0v) is 53.8. The highest BCUT2D eigenvalue weighted by atomic mass is 16.6. The van der Waals surface area contributed by atoms with E-state index in [4.69, 9.17) is 14.2 Å². The number of esters is 3. The molecule has 0 aliphatic heterocycles. The van der Waals surface area contributed by atoms with E-state index in [-0.39, 0.29) is 31.1 Å². The number of rotatable bonds is 64. The average Bonchev–Trinajstić information content (AvgIpc) is 3.47. The first-order valence-corrected chi connectivity index (χ1v) is 35.1. The van der Waals surface area contributed by atoms with Crippen molar-refractivity contribution >= 4 is 17.9 Å². The molecule has 0 N–H and O–H groups in total. The Morgan fingerprint density at radius 3 is 0.704 bits per heavy atom. The zero-order valence-electron chi connectivity index (χ0n) is 53.8. The van der Waals surface area contributed by atoms with Crippen molar-refractivity contribution in [2.75, 3.05) is 13.2 Å². The van der Waals surface area contributed by atoms with Gasteiger partial charge in [-0.25, -0.2) is 0 Å². The Morgan fingerprint density at radius 2 is 0.444 bits per heavy atom. The van der Waals surface area contributed by atoms with Gasteiger partial charge in [0.05, 0.1) is 0 Å². The van der Waals surface area contributed by atoms with Crippen LogP contribution in [0.15, 0.2) is 85.1 Å². The highest BCUT2D eigenvalue weighted by molar-refractivity contribution is 5.71. The van der Waals surface area contributed by atoms with Crippen LogP contribution >= 0.6 is 0 Å². The number of unbranched alkanes of at least 4 members (excludes halogenated alkanes) is 39. The molecule has 81 heavy (non-hydrogen) atoms. The third-order valence-electron chi connectivity index (χ3n) is 15.3. The van der Waals surface area contributed by atoms with Gasteiger partial charge in [-0.05, 0) is 122 Å². The molecule has 0 saturated carbocycles. The molecule has 0 fully saturated rings. The van der Waals surface area contributed by atoms with Crippen LogP contribution in [0.2, 0.25) is 0 Å². The SMILES string of the molecule is CCCCCCC/C=C\C/C=C\C/C=C\CCCCCCCCC(=O)OCC(COC(=O)CCCCCCCCCCC/C=C\CCCCCCCCCC)OC(=O)CCCCCCCC/C=C\C/C=C\C/C=C\CCCCCCC. The van der Waals surface area contributed by atoms with Crippen molar-refractivity contribution in [2.45, 2.75) is 361 Å². The lowest BCUT2D eigenvalue weighted by Gasteiger charge is -2.18. The van der Waals surface area contributed by atoms with Crippen LogP contribution < -0.4 is 0 Å². The second-order valence-electron chi connectivity index (χ2n) is 23.4. The van der Waals surface area contributed by atoms with Crippen molar-refractivity contribution in [2.24, 2.45) is 0 Å². The number of carbonyl (C=O) groups is 3. The Balaban J connectivity index is 4.43. The maximum Gasteiger partial charge on any atom is 0.306 e. The minimum Gasteiger partial charge on any atom is -0.462 e. The predicted octanol–water partition coefficient (Wildman–Crippen LogP) is 24.2. The van der Waals surface area contributed by atoms with E-state index in [0.717, 1.165) is 103 Å². The van der Waals surface area contributed by atoms with E-state index in [1.807, 2.05) is 0 Å². The van der Waals surface area contributed by atoms with Crippen molar-refractivity contribution in [3.8, 4) is 0 Å². The number of carbonyl (C=O) groups excluding carboxylic acids is 3. The van der Waals surface area contributed by atoms with Gasteiger partial charge in [0.25, 0.3) is 0 Å². The van der Waals surface area contributed by atoms with Crippen LogP contribution in [-0.4, -0.2) is 37.2 Å². The molecule has 0 aromatic rings. The first-order valence-electron chi connectivity index (χ1n) is 35.1. The smallest absolute Gasteiger partial charge is 0.306 e. The molecular formula is C75H132O6. The van der Waals surface area contributed by atoms with Crippen molar-refractivity contribution in [1.29, 1.82) is 0 Å². The molecule has 468 valence electrons. The number of allylic oxidation sites excluding steroid dienone is 14. The molecule has 0 saturated heterocycles. The Morgan fingerprint density at radius 1 is 0.247 bits per heavy atom. The summed E-state index contributed by atoms with van der Waals surface area (Å²) in [5.41, 5.74) is 0. The lowest BCUT2D eigenvalue weighted by atomic mass is 10.1. The monoisotopic (exact) mass is 1130 g/mol. The third kappa shape index (κ3) is 67.3. The Labute approximate surface area is 503 Å². The van der Waals surface area contributed by atoms with E-state index in [0.29, 0.717) is 19.3 Å². The minimum absolute atomic E-state index is 0.0862. The molecule has 6 heteroatoms. The number of hydrogen-bond donors (Lipinski definition) is 0. The van der Waals surface area contributed by atoms with Gasteiger partial charge < -0.3 is 14.2 Å². The quantitative estimate of drug-likeness (QED) is 0.0261. The van der Waals surface area contributed by atoms with Crippen molar-refractivity contribution < 1.29 is 28.6 Å². The van der Waals surface area contributed by atoms with E-state index >= 15 is 0 Å². The van der Waals surface area contributed by atoms with Gasteiger partial charge in [-0.15, -0.1) is 0 Å². The van der Waals surface area contributed by atoms with Crippen LogP contribution in [0, 0.1) is 0 Å². The molecule has 0 amide bonds. The third-order valence-corrected chi connectivity index (χ3v) is 15.3. The van der Waals surface area contributed by atoms with Gasteiger partial charge in [-0.1, -0.05) is 298 Å². The van der Waals surface area contributed by atoms with E-state index in [1.165, 1.54) is 212 Å². The fraction of sp³-hybridized carbons (Fsp3) is 0.773. The molecule has 0 aromatic carbocycles. The van der Waals surface area contributed by atoms with Crippen molar-refractivity contribution in [1.82, 2.24) is 0 Å². The van der Waals surface area contributed by atoms with Crippen LogP contribution in [-0.2, 0) is 28.6 Å². The van der Waals surface area contributed by atoms with E-state index in [2.05, 4.69) is 106 Å². The van der Waals surface area contributed by atoms with E-state index in [1.54, 1.807) is 0 Å². The second-order valence-corrected chi connectivity index (χ2v) is 23.4. The van der Waals surface area contributed by atoms with E-state index in [9.17, 15) is 14.4 Å². The van der Waals surface area contributed by atoms with Crippen LogP contribution in [0.4, 0.5) is 0 Å². The maximum absolute atomic E-state index is 13.0. The van der Waals surface area contributed by atoms with Crippen molar-refractivity contribution in [3.05, 3.63) is 85.1 Å².